The molecule has 92 valence electrons. The number of carbonyl (C=O) groups excluding carboxylic acids is 1. The number of hydrogen-bond donors (Lipinski definition) is 1. The Morgan fingerprint density at radius 2 is 2.24 bits per heavy atom. The van der Waals surface area contributed by atoms with Gasteiger partial charge in [0.25, 0.3) is 0 Å². The van der Waals surface area contributed by atoms with Crippen molar-refractivity contribution in [2.24, 2.45) is 5.41 Å². The Morgan fingerprint density at radius 1 is 1.53 bits per heavy atom. The minimum Gasteiger partial charge on any atom is -0.480 e. The van der Waals surface area contributed by atoms with E-state index in [9.17, 15) is 9.59 Å². The SMILES string of the molecule is CN(CCn1cccn1)C(=O)C1(C(=O)O)CC1. The number of amides is 1. The zero-order chi connectivity index (χ0) is 12.5. The Balaban J connectivity index is 1.90. The second-order valence-corrected chi connectivity index (χ2v) is 4.38. The van der Waals surface area contributed by atoms with Gasteiger partial charge in [0.1, 0.15) is 5.41 Å². The minimum absolute atomic E-state index is 0.294. The number of rotatable bonds is 5. The van der Waals surface area contributed by atoms with Crippen LogP contribution in [0.1, 0.15) is 12.8 Å². The summed E-state index contributed by atoms with van der Waals surface area (Å²) in [5.74, 6) is -1.30. The molecule has 1 saturated carbocycles. The number of carboxylic acid groups (broad SMARTS) is 1. The lowest BCUT2D eigenvalue weighted by molar-refractivity contribution is -0.152. The van der Waals surface area contributed by atoms with Gasteiger partial charge in [-0.25, -0.2) is 0 Å². The Bertz CT molecular complexity index is 423. The van der Waals surface area contributed by atoms with E-state index in [0.29, 0.717) is 25.9 Å². The predicted molar refractivity (Wildman–Crippen MR) is 59.2 cm³/mol. The molecule has 0 spiro atoms. The van der Waals surface area contributed by atoms with Gasteiger partial charge in [0.15, 0.2) is 0 Å². The van der Waals surface area contributed by atoms with Crippen LogP contribution < -0.4 is 0 Å². The van der Waals surface area contributed by atoms with Crippen molar-refractivity contribution in [1.82, 2.24) is 14.7 Å². The first-order chi connectivity index (χ1) is 8.06. The molecule has 1 aliphatic rings. The lowest BCUT2D eigenvalue weighted by Gasteiger charge is -2.20. The van der Waals surface area contributed by atoms with Gasteiger partial charge in [0, 0.05) is 26.0 Å². The van der Waals surface area contributed by atoms with Gasteiger partial charge >= 0.3 is 5.97 Å². The first kappa shape index (κ1) is 11.6. The molecule has 1 amide bonds. The topological polar surface area (TPSA) is 75.4 Å². The van der Waals surface area contributed by atoms with Gasteiger partial charge in [-0.15, -0.1) is 0 Å². The van der Waals surface area contributed by atoms with Gasteiger partial charge in [0.05, 0.1) is 6.54 Å². The normalized spacial score (nSPS) is 16.5. The molecule has 0 aliphatic heterocycles. The number of carbonyl (C=O) groups is 2. The number of likely N-dealkylation sites (N-methyl/N-ethyl adjacent to an activating group) is 1. The number of carboxylic acids is 1. The largest absolute Gasteiger partial charge is 0.480 e. The van der Waals surface area contributed by atoms with E-state index in [1.165, 1.54) is 4.90 Å². The van der Waals surface area contributed by atoms with Gasteiger partial charge < -0.3 is 10.0 Å². The van der Waals surface area contributed by atoms with Crippen molar-refractivity contribution in [3.8, 4) is 0 Å². The standard InChI is InChI=1S/C11H15N3O3/c1-13(7-8-14-6-2-5-12-14)9(15)11(3-4-11)10(16)17/h2,5-6H,3-4,7-8H2,1H3,(H,16,17). The van der Waals surface area contributed by atoms with Crippen LogP contribution in [0.25, 0.3) is 0 Å². The smallest absolute Gasteiger partial charge is 0.319 e. The van der Waals surface area contributed by atoms with E-state index in [4.69, 9.17) is 5.11 Å². The van der Waals surface area contributed by atoms with Crippen LogP contribution in [0.2, 0.25) is 0 Å². The summed E-state index contributed by atoms with van der Waals surface area (Å²) >= 11 is 0. The maximum Gasteiger partial charge on any atom is 0.319 e. The van der Waals surface area contributed by atoms with Gasteiger partial charge in [-0.2, -0.15) is 5.10 Å². The Labute approximate surface area is 98.8 Å². The summed E-state index contributed by atoms with van der Waals surface area (Å²) in [6, 6.07) is 1.81. The van der Waals surface area contributed by atoms with Gasteiger partial charge in [0.2, 0.25) is 5.91 Å². The maximum absolute atomic E-state index is 11.9. The van der Waals surface area contributed by atoms with E-state index in [1.807, 2.05) is 6.20 Å². The Morgan fingerprint density at radius 3 is 2.71 bits per heavy atom. The number of hydrogen-bond acceptors (Lipinski definition) is 3. The van der Waals surface area contributed by atoms with Crippen molar-refractivity contribution in [2.45, 2.75) is 19.4 Å². The van der Waals surface area contributed by atoms with E-state index in [1.54, 1.807) is 24.0 Å². The molecule has 0 unspecified atom stereocenters. The minimum atomic E-state index is -1.14. The molecule has 1 heterocycles. The third kappa shape index (κ3) is 2.15. The zero-order valence-electron chi connectivity index (χ0n) is 9.67. The Hall–Kier alpha value is -1.85. The zero-order valence-corrected chi connectivity index (χ0v) is 9.67. The van der Waals surface area contributed by atoms with Crippen LogP contribution >= 0.6 is 0 Å². The summed E-state index contributed by atoms with van der Waals surface area (Å²) < 4.78 is 1.71. The molecule has 0 atom stereocenters. The third-order valence-corrected chi connectivity index (χ3v) is 3.14. The third-order valence-electron chi connectivity index (χ3n) is 3.14. The van der Waals surface area contributed by atoms with E-state index in [-0.39, 0.29) is 5.91 Å². The highest BCUT2D eigenvalue weighted by Gasteiger charge is 2.58. The van der Waals surface area contributed by atoms with E-state index in [0.717, 1.165) is 0 Å². The Kier molecular flexibility index (Phi) is 2.87. The highest BCUT2D eigenvalue weighted by Crippen LogP contribution is 2.47. The van der Waals surface area contributed by atoms with Crippen molar-refractivity contribution in [2.75, 3.05) is 13.6 Å². The number of aliphatic carboxylic acids is 1. The summed E-state index contributed by atoms with van der Waals surface area (Å²) in [5, 5.41) is 13.0. The summed E-state index contributed by atoms with van der Waals surface area (Å²) in [5.41, 5.74) is -1.14. The highest BCUT2D eigenvalue weighted by atomic mass is 16.4. The molecule has 0 saturated heterocycles. The van der Waals surface area contributed by atoms with Gasteiger partial charge in [-0.05, 0) is 18.9 Å². The number of nitrogens with zero attached hydrogens (tertiary/aromatic N) is 3. The fraction of sp³-hybridized carbons (Fsp3) is 0.545. The molecule has 1 aromatic rings. The molecule has 0 aromatic carbocycles. The molecule has 1 N–H and O–H groups in total. The van der Waals surface area contributed by atoms with E-state index < -0.39 is 11.4 Å². The molecule has 0 radical (unpaired) electrons. The van der Waals surface area contributed by atoms with Crippen molar-refractivity contribution >= 4 is 11.9 Å². The quantitative estimate of drug-likeness (QED) is 0.743. The van der Waals surface area contributed by atoms with Gasteiger partial charge in [-0.3, -0.25) is 14.3 Å². The molecule has 0 bridgehead atoms. The molecule has 6 heteroatoms. The highest BCUT2D eigenvalue weighted by molar-refractivity contribution is 6.04. The second-order valence-electron chi connectivity index (χ2n) is 4.38. The van der Waals surface area contributed by atoms with Crippen molar-refractivity contribution in [3.63, 3.8) is 0 Å². The predicted octanol–water partition coefficient (Wildman–Crippen LogP) is 0.206. The molecule has 1 fully saturated rings. The summed E-state index contributed by atoms with van der Waals surface area (Å²) in [7, 11) is 1.63. The summed E-state index contributed by atoms with van der Waals surface area (Å²) in [4.78, 5) is 24.4. The second kappa shape index (κ2) is 4.20. The van der Waals surface area contributed by atoms with Crippen LogP contribution in [0.3, 0.4) is 0 Å². The average molecular weight is 237 g/mol. The van der Waals surface area contributed by atoms with Crippen LogP contribution in [-0.2, 0) is 16.1 Å². The fourth-order valence-corrected chi connectivity index (χ4v) is 1.80. The molecule has 1 aromatic heterocycles. The number of aromatic nitrogens is 2. The molecule has 6 nitrogen and oxygen atoms in total. The molecule has 1 aliphatic carbocycles. The van der Waals surface area contributed by atoms with Crippen molar-refractivity contribution in [1.29, 1.82) is 0 Å². The summed E-state index contributed by atoms with van der Waals surface area (Å²) in [6.45, 7) is 1.04. The van der Waals surface area contributed by atoms with E-state index in [2.05, 4.69) is 5.10 Å². The van der Waals surface area contributed by atoms with Crippen molar-refractivity contribution in [3.05, 3.63) is 18.5 Å². The molecular weight excluding hydrogens is 222 g/mol. The first-order valence-corrected chi connectivity index (χ1v) is 5.53. The fourth-order valence-electron chi connectivity index (χ4n) is 1.80. The maximum atomic E-state index is 11.9. The lowest BCUT2D eigenvalue weighted by Crippen LogP contribution is -2.40. The summed E-state index contributed by atoms with van der Waals surface area (Å²) in [6.07, 6.45) is 4.38. The van der Waals surface area contributed by atoms with Crippen molar-refractivity contribution < 1.29 is 14.7 Å². The van der Waals surface area contributed by atoms with Crippen LogP contribution in [0, 0.1) is 5.41 Å². The average Bonchev–Trinajstić information content (AvgIpc) is 2.96. The molecule has 17 heavy (non-hydrogen) atoms. The van der Waals surface area contributed by atoms with Crippen LogP contribution in [0.15, 0.2) is 18.5 Å². The first-order valence-electron chi connectivity index (χ1n) is 5.53. The molecule has 2 rings (SSSR count). The van der Waals surface area contributed by atoms with Crippen LogP contribution in [0.5, 0.6) is 0 Å². The monoisotopic (exact) mass is 237 g/mol. The van der Waals surface area contributed by atoms with E-state index >= 15 is 0 Å². The lowest BCUT2D eigenvalue weighted by atomic mass is 10.1. The van der Waals surface area contributed by atoms with Crippen LogP contribution in [-0.4, -0.2) is 45.3 Å². The van der Waals surface area contributed by atoms with Crippen LogP contribution in [0.4, 0.5) is 0 Å². The molecular formula is C11H15N3O3. The van der Waals surface area contributed by atoms with Gasteiger partial charge in [-0.1, -0.05) is 0 Å².